The summed E-state index contributed by atoms with van der Waals surface area (Å²) < 4.78 is 0. The summed E-state index contributed by atoms with van der Waals surface area (Å²) in [7, 11) is 0. The molecular formula is C23H38N4O3. The van der Waals surface area contributed by atoms with Gasteiger partial charge in [0.05, 0.1) is 0 Å². The van der Waals surface area contributed by atoms with E-state index < -0.39 is 0 Å². The van der Waals surface area contributed by atoms with Gasteiger partial charge < -0.3 is 20.0 Å². The number of fused-ring (bicyclic) bond motifs is 4. The zero-order valence-electron chi connectivity index (χ0n) is 18.6. The number of urea groups is 1. The fraction of sp³-hybridized carbons (Fsp3) is 0.870. The van der Waals surface area contributed by atoms with E-state index in [0.717, 1.165) is 64.7 Å². The summed E-state index contributed by atoms with van der Waals surface area (Å²) in [4.78, 5) is 44.0. The molecule has 4 rings (SSSR count). The van der Waals surface area contributed by atoms with Gasteiger partial charge in [0.1, 0.15) is 0 Å². The molecule has 4 amide bonds. The van der Waals surface area contributed by atoms with Crippen molar-refractivity contribution in [2.45, 2.75) is 64.8 Å². The molecule has 2 unspecified atom stereocenters. The number of carbonyl (C=O) groups excluding carboxylic acids is 3. The Morgan fingerprint density at radius 2 is 1.83 bits per heavy atom. The van der Waals surface area contributed by atoms with Crippen molar-refractivity contribution in [1.82, 2.24) is 20.0 Å². The lowest BCUT2D eigenvalue weighted by molar-refractivity contribution is -0.144. The van der Waals surface area contributed by atoms with Crippen molar-refractivity contribution in [3.05, 3.63) is 0 Å². The van der Waals surface area contributed by atoms with Gasteiger partial charge in [-0.25, -0.2) is 4.79 Å². The molecule has 4 saturated heterocycles. The van der Waals surface area contributed by atoms with Crippen LogP contribution in [0.3, 0.4) is 0 Å². The van der Waals surface area contributed by atoms with Crippen LogP contribution in [-0.2, 0) is 9.59 Å². The SMILES string of the molecule is CC(C)CCNC(=O)C1CCN(C(=O)N2CC3CC(C2)[C@H]2CCCC(=O)N2C3)CC1. The Kier molecular flexibility index (Phi) is 6.54. The van der Waals surface area contributed by atoms with Gasteiger partial charge in [0.2, 0.25) is 11.8 Å². The van der Waals surface area contributed by atoms with Gasteiger partial charge in [-0.1, -0.05) is 13.8 Å². The van der Waals surface area contributed by atoms with Crippen molar-refractivity contribution in [1.29, 1.82) is 0 Å². The lowest BCUT2D eigenvalue weighted by Crippen LogP contribution is -2.62. The molecule has 0 aromatic carbocycles. The Morgan fingerprint density at radius 1 is 1.07 bits per heavy atom. The number of nitrogens with one attached hydrogen (secondary N) is 1. The van der Waals surface area contributed by atoms with E-state index in [9.17, 15) is 14.4 Å². The summed E-state index contributed by atoms with van der Waals surface area (Å²) in [5.41, 5.74) is 0. The summed E-state index contributed by atoms with van der Waals surface area (Å²) in [5.74, 6) is 1.92. The molecule has 4 heterocycles. The lowest BCUT2D eigenvalue weighted by Gasteiger charge is -2.53. The quantitative estimate of drug-likeness (QED) is 0.761. The average molecular weight is 419 g/mol. The molecule has 0 aromatic heterocycles. The Labute approximate surface area is 180 Å². The van der Waals surface area contributed by atoms with Crippen molar-refractivity contribution in [3.8, 4) is 0 Å². The number of nitrogens with zero attached hydrogens (tertiary/aromatic N) is 3. The van der Waals surface area contributed by atoms with E-state index >= 15 is 0 Å². The molecule has 4 fully saturated rings. The topological polar surface area (TPSA) is 73.0 Å². The maximum absolute atomic E-state index is 13.2. The van der Waals surface area contributed by atoms with Crippen molar-refractivity contribution in [2.75, 3.05) is 39.3 Å². The van der Waals surface area contributed by atoms with E-state index in [1.807, 2.05) is 9.80 Å². The van der Waals surface area contributed by atoms with E-state index in [1.165, 1.54) is 0 Å². The number of likely N-dealkylation sites (tertiary alicyclic amines) is 2. The molecule has 7 nitrogen and oxygen atoms in total. The lowest BCUT2D eigenvalue weighted by atomic mass is 9.76. The molecule has 7 heteroatoms. The van der Waals surface area contributed by atoms with Crippen molar-refractivity contribution in [3.63, 3.8) is 0 Å². The first kappa shape index (κ1) is 21.4. The first-order chi connectivity index (χ1) is 14.4. The van der Waals surface area contributed by atoms with E-state index in [1.54, 1.807) is 0 Å². The Morgan fingerprint density at radius 3 is 2.57 bits per heavy atom. The number of piperidine rings is 4. The van der Waals surface area contributed by atoms with Gasteiger partial charge >= 0.3 is 6.03 Å². The van der Waals surface area contributed by atoms with E-state index in [0.29, 0.717) is 49.2 Å². The number of carbonyl (C=O) groups is 3. The highest BCUT2D eigenvalue weighted by Gasteiger charge is 2.45. The predicted octanol–water partition coefficient (Wildman–Crippen LogP) is 2.31. The standard InChI is InChI=1S/C23H38N4O3/c1-16(2)6-9-24-22(29)18-7-10-25(11-8-18)23(30)26-13-17-12-19(15-26)20-4-3-5-21(28)27(20)14-17/h16-20H,3-15H2,1-2H3,(H,24,29)/t17?,19?,20-/m1/s1. The van der Waals surface area contributed by atoms with Crippen LogP contribution in [0.25, 0.3) is 0 Å². The van der Waals surface area contributed by atoms with E-state index in [-0.39, 0.29) is 17.9 Å². The molecule has 1 N–H and O–H groups in total. The smallest absolute Gasteiger partial charge is 0.320 e. The molecule has 0 aromatic rings. The van der Waals surface area contributed by atoms with Crippen molar-refractivity contribution < 1.29 is 14.4 Å². The maximum Gasteiger partial charge on any atom is 0.320 e. The van der Waals surface area contributed by atoms with Crippen LogP contribution in [0, 0.1) is 23.7 Å². The number of hydrogen-bond donors (Lipinski definition) is 1. The van der Waals surface area contributed by atoms with Gasteiger partial charge in [-0.2, -0.15) is 0 Å². The molecule has 4 aliphatic heterocycles. The van der Waals surface area contributed by atoms with Crippen molar-refractivity contribution >= 4 is 17.8 Å². The van der Waals surface area contributed by atoms with Crippen LogP contribution >= 0.6 is 0 Å². The molecule has 3 atom stereocenters. The molecule has 0 aliphatic carbocycles. The van der Waals surface area contributed by atoms with Crippen LogP contribution in [0.2, 0.25) is 0 Å². The third-order valence-electron chi connectivity index (χ3n) is 7.61. The van der Waals surface area contributed by atoms with Gasteiger partial charge in [-0.05, 0) is 56.3 Å². The molecule has 168 valence electrons. The van der Waals surface area contributed by atoms with Gasteiger partial charge in [-0.15, -0.1) is 0 Å². The Hall–Kier alpha value is -1.79. The fourth-order valence-corrected chi connectivity index (χ4v) is 5.93. The van der Waals surface area contributed by atoms with Gasteiger partial charge in [0, 0.05) is 57.6 Å². The molecule has 0 saturated carbocycles. The molecule has 2 bridgehead atoms. The van der Waals surface area contributed by atoms with Crippen LogP contribution in [0.15, 0.2) is 0 Å². The summed E-state index contributed by atoms with van der Waals surface area (Å²) in [6, 6.07) is 0.470. The third kappa shape index (κ3) is 4.59. The van der Waals surface area contributed by atoms with Crippen molar-refractivity contribution in [2.24, 2.45) is 23.7 Å². The van der Waals surface area contributed by atoms with Crippen LogP contribution < -0.4 is 5.32 Å². The summed E-state index contributed by atoms with van der Waals surface area (Å²) in [5, 5.41) is 3.06. The summed E-state index contributed by atoms with van der Waals surface area (Å²) >= 11 is 0. The van der Waals surface area contributed by atoms with Gasteiger partial charge in [-0.3, -0.25) is 9.59 Å². The monoisotopic (exact) mass is 418 g/mol. The zero-order chi connectivity index (χ0) is 21.3. The minimum Gasteiger partial charge on any atom is -0.356 e. The molecule has 0 spiro atoms. The van der Waals surface area contributed by atoms with Gasteiger partial charge in [0.15, 0.2) is 0 Å². The normalized spacial score (nSPS) is 29.8. The number of hydrogen-bond acceptors (Lipinski definition) is 3. The molecule has 0 radical (unpaired) electrons. The average Bonchev–Trinajstić information content (AvgIpc) is 2.73. The van der Waals surface area contributed by atoms with E-state index in [4.69, 9.17) is 0 Å². The number of amides is 4. The second kappa shape index (κ2) is 9.15. The number of rotatable bonds is 4. The van der Waals surface area contributed by atoms with Crippen LogP contribution in [0.1, 0.15) is 58.8 Å². The minimum atomic E-state index is 0.0313. The molecular weight excluding hydrogens is 380 g/mol. The second-order valence-corrected chi connectivity index (χ2v) is 10.3. The molecule has 30 heavy (non-hydrogen) atoms. The van der Waals surface area contributed by atoms with E-state index in [2.05, 4.69) is 24.1 Å². The Balaban J connectivity index is 1.27. The summed E-state index contributed by atoms with van der Waals surface area (Å²) in [6.07, 6.45) is 6.43. The zero-order valence-corrected chi connectivity index (χ0v) is 18.6. The predicted molar refractivity (Wildman–Crippen MR) is 115 cm³/mol. The molecule has 4 aliphatic rings. The van der Waals surface area contributed by atoms with Crippen LogP contribution in [-0.4, -0.2) is 77.9 Å². The third-order valence-corrected chi connectivity index (χ3v) is 7.61. The second-order valence-electron chi connectivity index (χ2n) is 10.3. The Bertz CT molecular complexity index is 659. The van der Waals surface area contributed by atoms with Crippen LogP contribution in [0.5, 0.6) is 0 Å². The van der Waals surface area contributed by atoms with Crippen LogP contribution in [0.4, 0.5) is 4.79 Å². The minimum absolute atomic E-state index is 0.0313. The highest BCUT2D eigenvalue weighted by molar-refractivity contribution is 5.80. The van der Waals surface area contributed by atoms with Gasteiger partial charge in [0.25, 0.3) is 0 Å². The fourth-order valence-electron chi connectivity index (χ4n) is 5.93. The first-order valence-electron chi connectivity index (χ1n) is 12.0. The largest absolute Gasteiger partial charge is 0.356 e. The summed E-state index contributed by atoms with van der Waals surface area (Å²) in [6.45, 7) is 8.77. The highest BCUT2D eigenvalue weighted by Crippen LogP contribution is 2.38. The first-order valence-corrected chi connectivity index (χ1v) is 12.0. The maximum atomic E-state index is 13.2. The highest BCUT2D eigenvalue weighted by atomic mass is 16.2.